The summed E-state index contributed by atoms with van der Waals surface area (Å²) in [6.45, 7) is 1.74. The number of rotatable bonds is 5. The standard InChI is InChI=1S/C12H14O4/c1-14-12-3-2-9(5-13)4-10(12)6-16-11-7-15-8-11/h2-5,11H,6-8H2,1H3. The van der Waals surface area contributed by atoms with Crippen molar-refractivity contribution in [2.45, 2.75) is 12.7 Å². The first-order valence-corrected chi connectivity index (χ1v) is 5.15. The molecule has 0 N–H and O–H groups in total. The molecule has 0 bridgehead atoms. The Labute approximate surface area is 94.1 Å². The molecule has 16 heavy (non-hydrogen) atoms. The van der Waals surface area contributed by atoms with Gasteiger partial charge in [-0.25, -0.2) is 0 Å². The largest absolute Gasteiger partial charge is 0.496 e. The first-order valence-electron chi connectivity index (χ1n) is 5.15. The van der Waals surface area contributed by atoms with Crippen molar-refractivity contribution in [1.29, 1.82) is 0 Å². The Kier molecular flexibility index (Phi) is 3.54. The number of carbonyl (C=O) groups is 1. The van der Waals surface area contributed by atoms with Crippen molar-refractivity contribution in [2.24, 2.45) is 0 Å². The maximum absolute atomic E-state index is 10.7. The van der Waals surface area contributed by atoms with Gasteiger partial charge in [0, 0.05) is 11.1 Å². The topological polar surface area (TPSA) is 44.8 Å². The molecule has 1 aromatic rings. The van der Waals surface area contributed by atoms with E-state index < -0.39 is 0 Å². The highest BCUT2D eigenvalue weighted by Gasteiger charge is 2.19. The molecule has 1 saturated heterocycles. The zero-order valence-corrected chi connectivity index (χ0v) is 9.14. The molecule has 1 aliphatic heterocycles. The van der Waals surface area contributed by atoms with Crippen LogP contribution in [0.2, 0.25) is 0 Å². The third-order valence-electron chi connectivity index (χ3n) is 2.52. The third kappa shape index (κ3) is 2.40. The quantitative estimate of drug-likeness (QED) is 0.707. The van der Waals surface area contributed by atoms with E-state index in [9.17, 15) is 4.79 Å². The van der Waals surface area contributed by atoms with Crippen molar-refractivity contribution in [3.05, 3.63) is 29.3 Å². The summed E-state index contributed by atoms with van der Waals surface area (Å²) in [5.74, 6) is 0.742. The van der Waals surface area contributed by atoms with Crippen LogP contribution >= 0.6 is 0 Å². The molecule has 0 aromatic heterocycles. The van der Waals surface area contributed by atoms with E-state index in [1.807, 2.05) is 0 Å². The second-order valence-electron chi connectivity index (χ2n) is 3.66. The predicted octanol–water partition coefficient (Wildman–Crippen LogP) is 1.42. The minimum Gasteiger partial charge on any atom is -0.496 e. The molecule has 1 fully saturated rings. The summed E-state index contributed by atoms with van der Waals surface area (Å²) in [6, 6.07) is 5.28. The molecule has 0 radical (unpaired) electrons. The van der Waals surface area contributed by atoms with Crippen molar-refractivity contribution in [1.82, 2.24) is 0 Å². The lowest BCUT2D eigenvalue weighted by Crippen LogP contribution is -2.35. The molecule has 4 heteroatoms. The first kappa shape index (κ1) is 11.1. The number of hydrogen-bond donors (Lipinski definition) is 0. The van der Waals surface area contributed by atoms with E-state index in [4.69, 9.17) is 14.2 Å². The van der Waals surface area contributed by atoms with E-state index in [0.717, 1.165) is 17.6 Å². The van der Waals surface area contributed by atoms with Crippen LogP contribution in [0.25, 0.3) is 0 Å². The lowest BCUT2D eigenvalue weighted by molar-refractivity contribution is -0.135. The molecule has 1 heterocycles. The second kappa shape index (κ2) is 5.09. The third-order valence-corrected chi connectivity index (χ3v) is 2.52. The Hall–Kier alpha value is -1.39. The van der Waals surface area contributed by atoms with E-state index >= 15 is 0 Å². The van der Waals surface area contributed by atoms with Crippen LogP contribution in [0.15, 0.2) is 18.2 Å². The number of benzene rings is 1. The van der Waals surface area contributed by atoms with Crippen molar-refractivity contribution < 1.29 is 19.0 Å². The molecule has 0 aliphatic carbocycles. The van der Waals surface area contributed by atoms with Gasteiger partial charge in [-0.3, -0.25) is 4.79 Å². The summed E-state index contributed by atoms with van der Waals surface area (Å²) in [7, 11) is 1.60. The van der Waals surface area contributed by atoms with Crippen LogP contribution in [-0.4, -0.2) is 32.7 Å². The zero-order valence-electron chi connectivity index (χ0n) is 9.14. The molecule has 2 rings (SSSR count). The molecule has 0 atom stereocenters. The predicted molar refractivity (Wildman–Crippen MR) is 57.8 cm³/mol. The van der Waals surface area contributed by atoms with Crippen molar-refractivity contribution in [3.63, 3.8) is 0 Å². The monoisotopic (exact) mass is 222 g/mol. The molecule has 0 saturated carbocycles. The van der Waals surface area contributed by atoms with E-state index in [0.29, 0.717) is 25.4 Å². The van der Waals surface area contributed by atoms with Gasteiger partial charge in [-0.05, 0) is 18.2 Å². The van der Waals surface area contributed by atoms with Crippen LogP contribution < -0.4 is 4.74 Å². The summed E-state index contributed by atoms with van der Waals surface area (Å²) < 4.78 is 15.8. The fraction of sp³-hybridized carbons (Fsp3) is 0.417. The fourth-order valence-electron chi connectivity index (χ4n) is 1.50. The van der Waals surface area contributed by atoms with Gasteiger partial charge in [0.25, 0.3) is 0 Å². The second-order valence-corrected chi connectivity index (χ2v) is 3.66. The molecular weight excluding hydrogens is 208 g/mol. The number of carbonyl (C=O) groups excluding carboxylic acids is 1. The highest BCUT2D eigenvalue weighted by Crippen LogP contribution is 2.21. The van der Waals surface area contributed by atoms with Gasteiger partial charge in [0.15, 0.2) is 0 Å². The lowest BCUT2D eigenvalue weighted by Gasteiger charge is -2.26. The average molecular weight is 222 g/mol. The number of ether oxygens (including phenoxy) is 3. The van der Waals surface area contributed by atoms with Crippen LogP contribution in [0.3, 0.4) is 0 Å². The highest BCUT2D eigenvalue weighted by molar-refractivity contribution is 5.75. The van der Waals surface area contributed by atoms with Gasteiger partial charge in [-0.15, -0.1) is 0 Å². The van der Waals surface area contributed by atoms with E-state index in [2.05, 4.69) is 0 Å². The number of methoxy groups -OCH3 is 1. The maximum Gasteiger partial charge on any atom is 0.150 e. The van der Waals surface area contributed by atoms with Crippen molar-refractivity contribution >= 4 is 6.29 Å². The highest BCUT2D eigenvalue weighted by atomic mass is 16.6. The van der Waals surface area contributed by atoms with Gasteiger partial charge < -0.3 is 14.2 Å². The molecule has 4 nitrogen and oxygen atoms in total. The average Bonchev–Trinajstić information content (AvgIpc) is 2.26. The van der Waals surface area contributed by atoms with E-state index in [-0.39, 0.29) is 6.10 Å². The Balaban J connectivity index is 2.06. The van der Waals surface area contributed by atoms with E-state index in [1.54, 1.807) is 25.3 Å². The minimum absolute atomic E-state index is 0.171. The van der Waals surface area contributed by atoms with Gasteiger partial charge in [0.1, 0.15) is 18.1 Å². The van der Waals surface area contributed by atoms with Crippen LogP contribution in [0.5, 0.6) is 5.75 Å². The number of aldehydes is 1. The zero-order chi connectivity index (χ0) is 11.4. The van der Waals surface area contributed by atoms with Gasteiger partial charge in [0.2, 0.25) is 0 Å². The summed E-state index contributed by atoms with van der Waals surface area (Å²) in [4.78, 5) is 10.7. The first-order chi connectivity index (χ1) is 7.83. The molecule has 1 aliphatic rings. The summed E-state index contributed by atoms with van der Waals surface area (Å²) >= 11 is 0. The molecule has 0 unspecified atom stereocenters. The lowest BCUT2D eigenvalue weighted by atomic mass is 10.1. The minimum atomic E-state index is 0.171. The number of hydrogen-bond acceptors (Lipinski definition) is 4. The molecular formula is C12H14O4. The Morgan fingerprint density at radius 1 is 1.50 bits per heavy atom. The molecule has 86 valence electrons. The van der Waals surface area contributed by atoms with E-state index in [1.165, 1.54) is 0 Å². The van der Waals surface area contributed by atoms with Gasteiger partial charge in [-0.2, -0.15) is 0 Å². The Bertz CT molecular complexity index is 371. The van der Waals surface area contributed by atoms with Gasteiger partial charge in [0.05, 0.1) is 26.9 Å². The van der Waals surface area contributed by atoms with Gasteiger partial charge in [-0.1, -0.05) is 0 Å². The summed E-state index contributed by atoms with van der Waals surface area (Å²) in [5, 5.41) is 0. The van der Waals surface area contributed by atoms with Crippen molar-refractivity contribution in [3.8, 4) is 5.75 Å². The van der Waals surface area contributed by atoms with Crippen LogP contribution in [-0.2, 0) is 16.1 Å². The van der Waals surface area contributed by atoms with Crippen LogP contribution in [0.4, 0.5) is 0 Å². The maximum atomic E-state index is 10.7. The molecule has 1 aromatic carbocycles. The Morgan fingerprint density at radius 2 is 2.31 bits per heavy atom. The van der Waals surface area contributed by atoms with Crippen LogP contribution in [0, 0.1) is 0 Å². The van der Waals surface area contributed by atoms with Crippen molar-refractivity contribution in [2.75, 3.05) is 20.3 Å². The van der Waals surface area contributed by atoms with Crippen LogP contribution in [0.1, 0.15) is 15.9 Å². The summed E-state index contributed by atoms with van der Waals surface area (Å²) in [5.41, 5.74) is 1.52. The normalized spacial score (nSPS) is 15.6. The molecule has 0 amide bonds. The Morgan fingerprint density at radius 3 is 2.88 bits per heavy atom. The fourth-order valence-corrected chi connectivity index (χ4v) is 1.50. The van der Waals surface area contributed by atoms with Gasteiger partial charge >= 0.3 is 0 Å². The SMILES string of the molecule is COc1ccc(C=O)cc1COC1COC1. The summed E-state index contributed by atoms with van der Waals surface area (Å²) in [6.07, 6.45) is 0.986. The smallest absolute Gasteiger partial charge is 0.150 e. The molecule has 0 spiro atoms.